The standard InChI is InChI=1S/C12H18ClN3/c1-3-10-4-6-16(7-5-10)12-9(2)11(13)14-8-15-12/h8,10H,3-7H2,1-2H3. The lowest BCUT2D eigenvalue weighted by Crippen LogP contribution is -2.34. The van der Waals surface area contributed by atoms with E-state index in [-0.39, 0.29) is 0 Å². The van der Waals surface area contributed by atoms with Gasteiger partial charge in [-0.3, -0.25) is 0 Å². The van der Waals surface area contributed by atoms with Crippen LogP contribution in [0.25, 0.3) is 0 Å². The molecule has 0 amide bonds. The van der Waals surface area contributed by atoms with Crippen LogP contribution < -0.4 is 4.90 Å². The molecule has 0 spiro atoms. The van der Waals surface area contributed by atoms with Gasteiger partial charge in [-0.05, 0) is 25.7 Å². The molecule has 0 radical (unpaired) electrons. The number of anilines is 1. The first-order valence-electron chi connectivity index (χ1n) is 5.94. The van der Waals surface area contributed by atoms with Crippen molar-refractivity contribution in [2.75, 3.05) is 18.0 Å². The Morgan fingerprint density at radius 1 is 1.38 bits per heavy atom. The van der Waals surface area contributed by atoms with E-state index in [1.165, 1.54) is 19.3 Å². The van der Waals surface area contributed by atoms with Gasteiger partial charge in [-0.25, -0.2) is 9.97 Å². The fraction of sp³-hybridized carbons (Fsp3) is 0.667. The van der Waals surface area contributed by atoms with Gasteiger partial charge >= 0.3 is 0 Å². The van der Waals surface area contributed by atoms with Crippen LogP contribution in [0.2, 0.25) is 5.15 Å². The maximum atomic E-state index is 6.01. The number of hydrogen-bond donors (Lipinski definition) is 0. The van der Waals surface area contributed by atoms with Gasteiger partial charge in [0.25, 0.3) is 0 Å². The van der Waals surface area contributed by atoms with E-state index >= 15 is 0 Å². The van der Waals surface area contributed by atoms with Crippen LogP contribution in [-0.4, -0.2) is 23.1 Å². The molecule has 0 aromatic carbocycles. The molecule has 3 nitrogen and oxygen atoms in total. The second-order valence-corrected chi connectivity index (χ2v) is 4.81. The summed E-state index contributed by atoms with van der Waals surface area (Å²) >= 11 is 6.01. The van der Waals surface area contributed by atoms with Crippen molar-refractivity contribution in [3.05, 3.63) is 17.0 Å². The topological polar surface area (TPSA) is 29.0 Å². The van der Waals surface area contributed by atoms with Gasteiger partial charge in [0, 0.05) is 18.7 Å². The molecule has 0 unspecified atom stereocenters. The summed E-state index contributed by atoms with van der Waals surface area (Å²) in [5.41, 5.74) is 0.999. The average Bonchev–Trinajstić information content (AvgIpc) is 2.33. The van der Waals surface area contributed by atoms with Crippen LogP contribution >= 0.6 is 11.6 Å². The molecule has 1 fully saturated rings. The minimum Gasteiger partial charge on any atom is -0.356 e. The molecule has 2 rings (SSSR count). The molecule has 88 valence electrons. The normalized spacial score (nSPS) is 17.8. The van der Waals surface area contributed by atoms with E-state index in [2.05, 4.69) is 21.8 Å². The van der Waals surface area contributed by atoms with E-state index in [9.17, 15) is 0 Å². The molecular weight excluding hydrogens is 222 g/mol. The van der Waals surface area contributed by atoms with Crippen molar-refractivity contribution < 1.29 is 0 Å². The summed E-state index contributed by atoms with van der Waals surface area (Å²) in [6, 6.07) is 0. The maximum absolute atomic E-state index is 6.01. The van der Waals surface area contributed by atoms with Crippen LogP contribution in [0.1, 0.15) is 31.7 Å². The molecule has 1 aromatic rings. The first-order chi connectivity index (χ1) is 7.72. The van der Waals surface area contributed by atoms with Gasteiger partial charge in [-0.2, -0.15) is 0 Å². The Labute approximate surface area is 102 Å². The van der Waals surface area contributed by atoms with Crippen molar-refractivity contribution in [1.29, 1.82) is 0 Å². The van der Waals surface area contributed by atoms with E-state index in [4.69, 9.17) is 11.6 Å². The molecule has 1 aliphatic heterocycles. The molecule has 0 saturated carbocycles. The third-order valence-corrected chi connectivity index (χ3v) is 3.87. The summed E-state index contributed by atoms with van der Waals surface area (Å²) in [4.78, 5) is 10.7. The fourth-order valence-electron chi connectivity index (χ4n) is 2.29. The van der Waals surface area contributed by atoms with Crippen LogP contribution in [0.5, 0.6) is 0 Å². The van der Waals surface area contributed by atoms with E-state index in [0.29, 0.717) is 5.15 Å². The highest BCUT2D eigenvalue weighted by atomic mass is 35.5. The number of hydrogen-bond acceptors (Lipinski definition) is 3. The minimum absolute atomic E-state index is 0.572. The van der Waals surface area contributed by atoms with Gasteiger partial charge in [0.2, 0.25) is 0 Å². The van der Waals surface area contributed by atoms with Crippen molar-refractivity contribution in [1.82, 2.24) is 9.97 Å². The van der Waals surface area contributed by atoms with Crippen LogP contribution in [-0.2, 0) is 0 Å². The highest BCUT2D eigenvalue weighted by Gasteiger charge is 2.20. The smallest absolute Gasteiger partial charge is 0.137 e. The summed E-state index contributed by atoms with van der Waals surface area (Å²) in [5.74, 6) is 1.89. The molecule has 1 saturated heterocycles. The summed E-state index contributed by atoms with van der Waals surface area (Å²) in [6.07, 6.45) is 5.36. The molecule has 4 heteroatoms. The van der Waals surface area contributed by atoms with Crippen LogP contribution in [0.3, 0.4) is 0 Å². The Bertz CT molecular complexity index is 359. The largest absolute Gasteiger partial charge is 0.356 e. The zero-order valence-corrected chi connectivity index (χ0v) is 10.7. The van der Waals surface area contributed by atoms with Gasteiger partial charge < -0.3 is 4.90 Å². The second-order valence-electron chi connectivity index (χ2n) is 4.45. The SMILES string of the molecule is CCC1CCN(c2ncnc(Cl)c2C)CC1. The number of halogens is 1. The number of aromatic nitrogens is 2. The van der Waals surface area contributed by atoms with Crippen molar-refractivity contribution in [2.24, 2.45) is 5.92 Å². The Morgan fingerprint density at radius 2 is 2.06 bits per heavy atom. The van der Waals surface area contributed by atoms with E-state index in [0.717, 1.165) is 30.4 Å². The lowest BCUT2D eigenvalue weighted by Gasteiger charge is -2.33. The summed E-state index contributed by atoms with van der Waals surface area (Å²) < 4.78 is 0. The molecule has 0 N–H and O–H groups in total. The Morgan fingerprint density at radius 3 is 2.69 bits per heavy atom. The van der Waals surface area contributed by atoms with Gasteiger partial charge in [0.15, 0.2) is 0 Å². The highest BCUT2D eigenvalue weighted by Crippen LogP contribution is 2.27. The highest BCUT2D eigenvalue weighted by molar-refractivity contribution is 6.30. The summed E-state index contributed by atoms with van der Waals surface area (Å²) in [7, 11) is 0. The van der Waals surface area contributed by atoms with E-state index in [1.807, 2.05) is 6.92 Å². The third-order valence-electron chi connectivity index (χ3n) is 3.49. The molecule has 16 heavy (non-hydrogen) atoms. The Hall–Kier alpha value is -0.830. The zero-order valence-electron chi connectivity index (χ0n) is 9.91. The van der Waals surface area contributed by atoms with Gasteiger partial charge in [0.1, 0.15) is 17.3 Å². The van der Waals surface area contributed by atoms with Gasteiger partial charge in [0.05, 0.1) is 0 Å². The predicted octanol–water partition coefficient (Wildman–Crippen LogP) is 3.06. The predicted molar refractivity (Wildman–Crippen MR) is 67.0 cm³/mol. The van der Waals surface area contributed by atoms with Crippen molar-refractivity contribution in [3.8, 4) is 0 Å². The van der Waals surface area contributed by atoms with Crippen molar-refractivity contribution in [2.45, 2.75) is 33.1 Å². The molecule has 0 atom stereocenters. The fourth-order valence-corrected chi connectivity index (χ4v) is 2.42. The van der Waals surface area contributed by atoms with Crippen LogP contribution in [0.15, 0.2) is 6.33 Å². The maximum Gasteiger partial charge on any atom is 0.137 e. The number of rotatable bonds is 2. The van der Waals surface area contributed by atoms with Gasteiger partial charge in [-0.15, -0.1) is 0 Å². The Kier molecular flexibility index (Phi) is 3.64. The van der Waals surface area contributed by atoms with E-state index < -0.39 is 0 Å². The van der Waals surface area contributed by atoms with Crippen molar-refractivity contribution >= 4 is 17.4 Å². The lowest BCUT2D eigenvalue weighted by molar-refractivity contribution is 0.393. The molecule has 2 heterocycles. The molecule has 1 aromatic heterocycles. The number of piperidine rings is 1. The summed E-state index contributed by atoms with van der Waals surface area (Å²) in [5, 5.41) is 0.572. The van der Waals surface area contributed by atoms with Crippen molar-refractivity contribution in [3.63, 3.8) is 0 Å². The van der Waals surface area contributed by atoms with Gasteiger partial charge in [-0.1, -0.05) is 24.9 Å². The second kappa shape index (κ2) is 5.00. The molecule has 1 aliphatic rings. The minimum atomic E-state index is 0.572. The first-order valence-corrected chi connectivity index (χ1v) is 6.32. The first kappa shape index (κ1) is 11.6. The molecule has 0 aliphatic carbocycles. The van der Waals surface area contributed by atoms with Crippen LogP contribution in [0, 0.1) is 12.8 Å². The monoisotopic (exact) mass is 239 g/mol. The lowest BCUT2D eigenvalue weighted by atomic mass is 9.94. The zero-order chi connectivity index (χ0) is 11.5. The Balaban J connectivity index is 2.11. The van der Waals surface area contributed by atoms with Crippen LogP contribution in [0.4, 0.5) is 5.82 Å². The molecule has 0 bridgehead atoms. The average molecular weight is 240 g/mol. The quantitative estimate of drug-likeness (QED) is 0.743. The van der Waals surface area contributed by atoms with E-state index in [1.54, 1.807) is 6.33 Å². The number of nitrogens with zero attached hydrogens (tertiary/aromatic N) is 3. The third kappa shape index (κ3) is 2.29. The summed E-state index contributed by atoms with van der Waals surface area (Å²) in [6.45, 7) is 6.44. The molecular formula is C12H18ClN3.